The molecule has 0 heterocycles. The number of carbonyl (C=O) groups excluding carboxylic acids is 1. The lowest BCUT2D eigenvalue weighted by atomic mass is 9.95. The van der Waals surface area contributed by atoms with E-state index in [9.17, 15) is 9.59 Å². The molecule has 0 bridgehead atoms. The summed E-state index contributed by atoms with van der Waals surface area (Å²) < 4.78 is 5.68. The van der Waals surface area contributed by atoms with Crippen molar-refractivity contribution >= 4 is 11.9 Å². The molecular formula is C15H25NO4. The Kier molecular flexibility index (Phi) is 5.40. The van der Waals surface area contributed by atoms with Crippen molar-refractivity contribution in [1.82, 2.24) is 5.32 Å². The number of amides is 1. The van der Waals surface area contributed by atoms with Gasteiger partial charge in [0.05, 0.1) is 24.5 Å². The van der Waals surface area contributed by atoms with Crippen molar-refractivity contribution in [3.63, 3.8) is 0 Å². The molecule has 0 saturated heterocycles. The third-order valence-corrected chi connectivity index (χ3v) is 4.51. The number of rotatable bonds is 6. The van der Waals surface area contributed by atoms with E-state index in [2.05, 4.69) is 5.32 Å². The Labute approximate surface area is 120 Å². The van der Waals surface area contributed by atoms with Crippen LogP contribution in [0.1, 0.15) is 45.4 Å². The lowest BCUT2D eigenvalue weighted by Gasteiger charge is -2.16. The molecule has 0 aliphatic heterocycles. The number of nitrogens with one attached hydrogen (secondary N) is 1. The van der Waals surface area contributed by atoms with Gasteiger partial charge in [-0.05, 0) is 31.6 Å². The number of carbonyl (C=O) groups is 2. The summed E-state index contributed by atoms with van der Waals surface area (Å²) in [6.45, 7) is 3.01. The van der Waals surface area contributed by atoms with Crippen LogP contribution in [-0.2, 0) is 14.3 Å². The van der Waals surface area contributed by atoms with Gasteiger partial charge in [0.2, 0.25) is 5.91 Å². The van der Waals surface area contributed by atoms with Crippen LogP contribution < -0.4 is 5.32 Å². The van der Waals surface area contributed by atoms with Gasteiger partial charge in [-0.15, -0.1) is 0 Å². The highest BCUT2D eigenvalue weighted by atomic mass is 16.5. The summed E-state index contributed by atoms with van der Waals surface area (Å²) in [4.78, 5) is 23.2. The summed E-state index contributed by atoms with van der Waals surface area (Å²) in [5.41, 5.74) is 0. The molecule has 2 fully saturated rings. The first-order chi connectivity index (χ1) is 9.58. The van der Waals surface area contributed by atoms with Crippen LogP contribution in [0.5, 0.6) is 0 Å². The van der Waals surface area contributed by atoms with Crippen LogP contribution in [0.2, 0.25) is 0 Å². The number of hydrogen-bond acceptors (Lipinski definition) is 3. The molecule has 2 aliphatic rings. The molecule has 0 spiro atoms. The Morgan fingerprint density at radius 3 is 2.50 bits per heavy atom. The van der Waals surface area contributed by atoms with Crippen LogP contribution in [0, 0.1) is 17.8 Å². The highest BCUT2D eigenvalue weighted by Gasteiger charge is 2.40. The van der Waals surface area contributed by atoms with Gasteiger partial charge in [0.15, 0.2) is 0 Å². The van der Waals surface area contributed by atoms with Crippen LogP contribution in [0.25, 0.3) is 0 Å². The fourth-order valence-corrected chi connectivity index (χ4v) is 3.44. The molecule has 1 amide bonds. The van der Waals surface area contributed by atoms with Crippen molar-refractivity contribution in [2.75, 3.05) is 13.2 Å². The van der Waals surface area contributed by atoms with Crippen molar-refractivity contribution in [3.05, 3.63) is 0 Å². The average molecular weight is 283 g/mol. The van der Waals surface area contributed by atoms with Gasteiger partial charge >= 0.3 is 5.97 Å². The number of hydrogen-bond donors (Lipinski definition) is 2. The second-order valence-corrected chi connectivity index (χ2v) is 6.20. The molecule has 3 atom stereocenters. The third kappa shape index (κ3) is 3.95. The molecule has 5 heteroatoms. The second kappa shape index (κ2) is 7.07. The van der Waals surface area contributed by atoms with Crippen molar-refractivity contribution in [2.45, 2.75) is 51.6 Å². The molecule has 5 nitrogen and oxygen atoms in total. The van der Waals surface area contributed by atoms with Gasteiger partial charge in [-0.25, -0.2) is 0 Å². The molecule has 114 valence electrons. The number of carboxylic acids is 1. The first-order valence-corrected chi connectivity index (χ1v) is 7.70. The van der Waals surface area contributed by atoms with Crippen LogP contribution in [0.3, 0.4) is 0 Å². The Morgan fingerprint density at radius 1 is 1.20 bits per heavy atom. The van der Waals surface area contributed by atoms with Crippen molar-refractivity contribution in [3.8, 4) is 0 Å². The van der Waals surface area contributed by atoms with Crippen molar-refractivity contribution in [1.29, 1.82) is 0 Å². The summed E-state index contributed by atoms with van der Waals surface area (Å²) in [6, 6.07) is 0. The van der Waals surface area contributed by atoms with Crippen molar-refractivity contribution in [2.24, 2.45) is 17.8 Å². The van der Waals surface area contributed by atoms with E-state index in [-0.39, 0.29) is 11.8 Å². The molecular weight excluding hydrogens is 258 g/mol. The molecule has 0 aromatic heterocycles. The zero-order chi connectivity index (χ0) is 14.5. The number of carboxylic acid groups (broad SMARTS) is 1. The zero-order valence-corrected chi connectivity index (χ0v) is 12.1. The first kappa shape index (κ1) is 15.3. The number of ether oxygens (including phenoxy) is 1. The van der Waals surface area contributed by atoms with Crippen LogP contribution in [0.4, 0.5) is 0 Å². The molecule has 2 N–H and O–H groups in total. The number of aliphatic carboxylic acids is 1. The van der Waals surface area contributed by atoms with E-state index in [1.54, 1.807) is 0 Å². The highest BCUT2D eigenvalue weighted by Crippen LogP contribution is 2.36. The smallest absolute Gasteiger partial charge is 0.307 e. The molecule has 2 saturated carbocycles. The molecule has 0 radical (unpaired) electrons. The fourth-order valence-electron chi connectivity index (χ4n) is 3.44. The Balaban J connectivity index is 1.69. The topological polar surface area (TPSA) is 75.6 Å². The lowest BCUT2D eigenvalue weighted by Crippen LogP contribution is -2.37. The average Bonchev–Trinajstić information content (AvgIpc) is 3.03. The summed E-state index contributed by atoms with van der Waals surface area (Å²) in [7, 11) is 0. The SMILES string of the molecule is CC1C[C@H](C(=O)NCCOC2CCCC2)[C@H](C(=O)O)C1. The Bertz CT molecular complexity index is 352. The van der Waals surface area contributed by atoms with Crippen molar-refractivity contribution < 1.29 is 19.4 Å². The molecule has 20 heavy (non-hydrogen) atoms. The third-order valence-electron chi connectivity index (χ3n) is 4.51. The van der Waals surface area contributed by atoms with Gasteiger partial charge in [-0.2, -0.15) is 0 Å². The summed E-state index contributed by atoms with van der Waals surface area (Å²) >= 11 is 0. The van der Waals surface area contributed by atoms with Crippen LogP contribution >= 0.6 is 0 Å². The standard InChI is InChI=1S/C15H25NO4/c1-10-8-12(13(9-10)15(18)19)14(17)16-6-7-20-11-4-2-3-5-11/h10-13H,2-9H2,1H3,(H,16,17)(H,18,19)/t10?,12-,13+/m0/s1. The predicted molar refractivity (Wildman–Crippen MR) is 74.2 cm³/mol. The Hall–Kier alpha value is -1.10. The molecule has 1 unspecified atom stereocenters. The highest BCUT2D eigenvalue weighted by molar-refractivity contribution is 5.85. The van der Waals surface area contributed by atoms with Gasteiger partial charge in [-0.3, -0.25) is 9.59 Å². The van der Waals surface area contributed by atoms with E-state index in [0.29, 0.717) is 38.0 Å². The maximum atomic E-state index is 12.1. The van der Waals surface area contributed by atoms with E-state index < -0.39 is 11.9 Å². The summed E-state index contributed by atoms with van der Waals surface area (Å²) in [5.74, 6) is -1.58. The quantitative estimate of drug-likeness (QED) is 0.729. The fraction of sp³-hybridized carbons (Fsp3) is 0.867. The van der Waals surface area contributed by atoms with Gasteiger partial charge in [0, 0.05) is 6.54 Å². The van der Waals surface area contributed by atoms with Gasteiger partial charge in [-0.1, -0.05) is 19.8 Å². The minimum atomic E-state index is -0.850. The van der Waals surface area contributed by atoms with Gasteiger partial charge in [0.1, 0.15) is 0 Å². The zero-order valence-electron chi connectivity index (χ0n) is 12.1. The molecule has 0 aromatic rings. The van der Waals surface area contributed by atoms with Crippen LogP contribution in [-0.4, -0.2) is 36.2 Å². The Morgan fingerprint density at radius 2 is 1.85 bits per heavy atom. The molecule has 2 aliphatic carbocycles. The second-order valence-electron chi connectivity index (χ2n) is 6.20. The normalized spacial score (nSPS) is 30.6. The maximum absolute atomic E-state index is 12.1. The minimum absolute atomic E-state index is 0.128. The largest absolute Gasteiger partial charge is 0.481 e. The summed E-state index contributed by atoms with van der Waals surface area (Å²) in [5, 5.41) is 12.0. The van der Waals surface area contributed by atoms with E-state index >= 15 is 0 Å². The predicted octanol–water partition coefficient (Wildman–Crippen LogP) is 1.81. The van der Waals surface area contributed by atoms with E-state index in [1.165, 1.54) is 12.8 Å². The van der Waals surface area contributed by atoms with E-state index in [4.69, 9.17) is 9.84 Å². The maximum Gasteiger partial charge on any atom is 0.307 e. The monoisotopic (exact) mass is 283 g/mol. The molecule has 2 rings (SSSR count). The van der Waals surface area contributed by atoms with E-state index in [1.807, 2.05) is 6.92 Å². The molecule has 0 aromatic carbocycles. The summed E-state index contributed by atoms with van der Waals surface area (Å²) in [6.07, 6.45) is 6.34. The van der Waals surface area contributed by atoms with Gasteiger partial charge in [0.25, 0.3) is 0 Å². The van der Waals surface area contributed by atoms with E-state index in [0.717, 1.165) is 12.8 Å². The lowest BCUT2D eigenvalue weighted by molar-refractivity contribution is -0.146. The minimum Gasteiger partial charge on any atom is -0.481 e. The first-order valence-electron chi connectivity index (χ1n) is 7.70. The van der Waals surface area contributed by atoms with Crippen LogP contribution in [0.15, 0.2) is 0 Å². The van der Waals surface area contributed by atoms with Gasteiger partial charge < -0.3 is 15.2 Å².